The number of hydrogen-bond acceptors (Lipinski definition) is 5. The summed E-state index contributed by atoms with van der Waals surface area (Å²) >= 11 is 0. The van der Waals surface area contributed by atoms with Crippen molar-refractivity contribution in [3.63, 3.8) is 0 Å². The van der Waals surface area contributed by atoms with Crippen molar-refractivity contribution in [2.75, 3.05) is 6.54 Å². The van der Waals surface area contributed by atoms with Gasteiger partial charge in [0.2, 0.25) is 11.8 Å². The molecule has 7 nitrogen and oxygen atoms in total. The van der Waals surface area contributed by atoms with Gasteiger partial charge in [0.25, 0.3) is 5.91 Å². The zero-order valence-corrected chi connectivity index (χ0v) is 15.8. The molecule has 1 fully saturated rings. The van der Waals surface area contributed by atoms with E-state index in [0.717, 1.165) is 30.4 Å². The van der Waals surface area contributed by atoms with E-state index in [4.69, 9.17) is 5.73 Å². The highest BCUT2D eigenvalue weighted by atomic mass is 16.2. The number of nitrogens with two attached hydrogens (primary N) is 1. The predicted molar refractivity (Wildman–Crippen MR) is 102 cm³/mol. The molecule has 27 heavy (non-hydrogen) atoms. The fraction of sp³-hybridized carbons (Fsp3) is 0.550. The number of carbonyl (C=O) groups is 3. The molecule has 2 heterocycles. The Morgan fingerprint density at radius 1 is 1.33 bits per heavy atom. The number of carbonyl (C=O) groups excluding carboxylic acids is 3. The molecule has 0 saturated carbocycles. The van der Waals surface area contributed by atoms with Gasteiger partial charge in [-0.3, -0.25) is 19.7 Å². The summed E-state index contributed by atoms with van der Waals surface area (Å²) < 4.78 is 0. The zero-order chi connectivity index (χ0) is 19.4. The van der Waals surface area contributed by atoms with Gasteiger partial charge in [-0.2, -0.15) is 0 Å². The van der Waals surface area contributed by atoms with Crippen molar-refractivity contribution in [2.24, 2.45) is 5.73 Å². The quantitative estimate of drug-likeness (QED) is 0.592. The summed E-state index contributed by atoms with van der Waals surface area (Å²) in [6, 6.07) is 5.58. The second kappa shape index (κ2) is 8.63. The molecule has 1 saturated heterocycles. The van der Waals surface area contributed by atoms with Crippen LogP contribution in [0.1, 0.15) is 60.5 Å². The minimum Gasteiger partial charge on any atom is -0.329 e. The van der Waals surface area contributed by atoms with Crippen LogP contribution in [0.2, 0.25) is 0 Å². The summed E-state index contributed by atoms with van der Waals surface area (Å²) in [4.78, 5) is 37.9. The van der Waals surface area contributed by atoms with Gasteiger partial charge in [-0.25, -0.2) is 0 Å². The van der Waals surface area contributed by atoms with Crippen LogP contribution in [-0.2, 0) is 22.7 Å². The van der Waals surface area contributed by atoms with E-state index in [1.165, 1.54) is 0 Å². The first-order chi connectivity index (χ1) is 13.0. The molecule has 3 amide bonds. The maximum atomic E-state index is 12.8. The molecular formula is C20H28N4O3. The van der Waals surface area contributed by atoms with E-state index in [1.54, 1.807) is 4.90 Å². The van der Waals surface area contributed by atoms with E-state index in [2.05, 4.69) is 17.6 Å². The van der Waals surface area contributed by atoms with Crippen molar-refractivity contribution >= 4 is 17.7 Å². The maximum Gasteiger partial charge on any atom is 0.255 e. The summed E-state index contributed by atoms with van der Waals surface area (Å²) in [6.07, 6.45) is 3.97. The Labute approximate surface area is 159 Å². The van der Waals surface area contributed by atoms with Crippen LogP contribution in [0.25, 0.3) is 0 Å². The first-order valence-electron chi connectivity index (χ1n) is 9.73. The van der Waals surface area contributed by atoms with Gasteiger partial charge >= 0.3 is 0 Å². The highest BCUT2D eigenvalue weighted by Crippen LogP contribution is 2.28. The Morgan fingerprint density at radius 2 is 2.15 bits per heavy atom. The summed E-state index contributed by atoms with van der Waals surface area (Å²) in [6.45, 7) is 3.82. The molecule has 3 rings (SSSR count). The Hall–Kier alpha value is -2.25. The number of rotatable bonds is 8. The molecule has 2 aliphatic rings. The smallest absolute Gasteiger partial charge is 0.255 e. The van der Waals surface area contributed by atoms with Crippen LogP contribution in [0.4, 0.5) is 0 Å². The zero-order valence-electron chi connectivity index (χ0n) is 15.8. The van der Waals surface area contributed by atoms with Gasteiger partial charge in [0, 0.05) is 37.7 Å². The average molecular weight is 372 g/mol. The van der Waals surface area contributed by atoms with Crippen LogP contribution < -0.4 is 16.4 Å². The lowest BCUT2D eigenvalue weighted by molar-refractivity contribution is -0.136. The third kappa shape index (κ3) is 4.36. The minimum absolute atomic E-state index is 0.136. The highest BCUT2D eigenvalue weighted by molar-refractivity contribution is 6.05. The molecule has 0 aliphatic carbocycles. The van der Waals surface area contributed by atoms with Crippen LogP contribution in [0, 0.1) is 0 Å². The molecule has 2 aliphatic heterocycles. The average Bonchev–Trinajstić information content (AvgIpc) is 2.98. The van der Waals surface area contributed by atoms with Crippen molar-refractivity contribution in [2.45, 2.75) is 64.2 Å². The van der Waals surface area contributed by atoms with Gasteiger partial charge in [-0.05, 0) is 30.0 Å². The monoisotopic (exact) mass is 372 g/mol. The molecule has 0 aromatic heterocycles. The van der Waals surface area contributed by atoms with Gasteiger partial charge in [-0.15, -0.1) is 0 Å². The fourth-order valence-corrected chi connectivity index (χ4v) is 3.73. The Balaban J connectivity index is 1.65. The lowest BCUT2D eigenvalue weighted by Crippen LogP contribution is -2.52. The normalized spacial score (nSPS) is 20.6. The molecular weight excluding hydrogens is 344 g/mol. The number of fused-ring (bicyclic) bond motifs is 1. The molecule has 146 valence electrons. The van der Waals surface area contributed by atoms with E-state index < -0.39 is 6.04 Å². The van der Waals surface area contributed by atoms with Crippen LogP contribution in [0.5, 0.6) is 0 Å². The number of benzene rings is 1. The first kappa shape index (κ1) is 19.5. The number of nitrogens with one attached hydrogen (secondary N) is 2. The van der Waals surface area contributed by atoms with E-state index in [9.17, 15) is 14.4 Å². The third-order valence-corrected chi connectivity index (χ3v) is 5.38. The standard InChI is InChI=1S/C20H28N4O3/c1-2-3-4-15(10-21)22-11-13-5-6-14-12-24(20(27)16(14)9-13)17-7-8-18(25)23-19(17)26/h5-6,9,15,17,22H,2-4,7-8,10-12,21H2,1H3,(H,23,25,26). The third-order valence-electron chi connectivity index (χ3n) is 5.38. The second-order valence-electron chi connectivity index (χ2n) is 7.35. The van der Waals surface area contributed by atoms with E-state index in [1.807, 2.05) is 18.2 Å². The van der Waals surface area contributed by atoms with Gasteiger partial charge in [0.15, 0.2) is 0 Å². The molecule has 1 aromatic carbocycles. The summed E-state index contributed by atoms with van der Waals surface area (Å²) in [5.41, 5.74) is 8.43. The van der Waals surface area contributed by atoms with Crippen molar-refractivity contribution in [1.82, 2.24) is 15.5 Å². The first-order valence-corrected chi connectivity index (χ1v) is 9.73. The maximum absolute atomic E-state index is 12.8. The Morgan fingerprint density at radius 3 is 2.85 bits per heavy atom. The summed E-state index contributed by atoms with van der Waals surface area (Å²) in [7, 11) is 0. The molecule has 2 unspecified atom stereocenters. The second-order valence-corrected chi connectivity index (χ2v) is 7.35. The van der Waals surface area contributed by atoms with Gasteiger partial charge < -0.3 is 16.0 Å². The van der Waals surface area contributed by atoms with Gasteiger partial charge in [-0.1, -0.05) is 31.9 Å². The molecule has 2 atom stereocenters. The number of amides is 3. The van der Waals surface area contributed by atoms with E-state index in [0.29, 0.717) is 31.6 Å². The molecule has 1 aromatic rings. The molecule has 4 N–H and O–H groups in total. The van der Waals surface area contributed by atoms with Crippen LogP contribution >= 0.6 is 0 Å². The number of piperidine rings is 1. The Kier molecular flexibility index (Phi) is 6.23. The van der Waals surface area contributed by atoms with Crippen molar-refractivity contribution in [1.29, 1.82) is 0 Å². The lowest BCUT2D eigenvalue weighted by Gasteiger charge is -2.29. The number of hydrogen-bond donors (Lipinski definition) is 3. The van der Waals surface area contributed by atoms with Gasteiger partial charge in [0.1, 0.15) is 6.04 Å². The fourth-order valence-electron chi connectivity index (χ4n) is 3.73. The molecule has 7 heteroatoms. The van der Waals surface area contributed by atoms with Gasteiger partial charge in [0.05, 0.1) is 0 Å². The minimum atomic E-state index is -0.570. The lowest BCUT2D eigenvalue weighted by atomic mass is 10.0. The summed E-state index contributed by atoms with van der Waals surface area (Å²) in [5.74, 6) is -0.787. The van der Waals surface area contributed by atoms with E-state index in [-0.39, 0.29) is 30.2 Å². The predicted octanol–water partition coefficient (Wildman–Crippen LogP) is 1.05. The molecule has 0 spiro atoms. The van der Waals surface area contributed by atoms with Crippen LogP contribution in [-0.4, -0.2) is 41.2 Å². The number of nitrogens with zero attached hydrogens (tertiary/aromatic N) is 1. The number of unbranched alkanes of at least 4 members (excludes halogenated alkanes) is 1. The SMILES string of the molecule is CCCCC(CN)NCc1ccc2c(c1)C(=O)N(C1CCC(=O)NC1=O)C2. The summed E-state index contributed by atoms with van der Waals surface area (Å²) in [5, 5.41) is 5.79. The van der Waals surface area contributed by atoms with Crippen molar-refractivity contribution < 1.29 is 14.4 Å². The van der Waals surface area contributed by atoms with Crippen molar-refractivity contribution in [3.05, 3.63) is 34.9 Å². The number of imide groups is 1. The highest BCUT2D eigenvalue weighted by Gasteiger charge is 2.39. The van der Waals surface area contributed by atoms with E-state index >= 15 is 0 Å². The van der Waals surface area contributed by atoms with Crippen LogP contribution in [0.3, 0.4) is 0 Å². The largest absolute Gasteiger partial charge is 0.329 e. The Bertz CT molecular complexity index is 734. The topological polar surface area (TPSA) is 105 Å². The molecule has 0 bridgehead atoms. The van der Waals surface area contributed by atoms with Crippen LogP contribution in [0.15, 0.2) is 18.2 Å². The molecule has 0 radical (unpaired) electrons. The van der Waals surface area contributed by atoms with Crippen molar-refractivity contribution in [3.8, 4) is 0 Å².